The summed E-state index contributed by atoms with van der Waals surface area (Å²) in [6.07, 6.45) is 10.1. The molecule has 1 aliphatic carbocycles. The summed E-state index contributed by atoms with van der Waals surface area (Å²) in [6.45, 7) is 4.83. The third-order valence-corrected chi connectivity index (χ3v) is 8.83. The molecule has 3 aromatic rings. The number of nitrogens with two attached hydrogens (primary N) is 1. The van der Waals surface area contributed by atoms with E-state index in [9.17, 15) is 14.4 Å². The number of pyridine rings is 1. The van der Waals surface area contributed by atoms with Gasteiger partial charge in [0.25, 0.3) is 11.8 Å². The number of anilines is 2. The Hall–Kier alpha value is -3.83. The fourth-order valence-corrected chi connectivity index (χ4v) is 6.39. The van der Waals surface area contributed by atoms with E-state index in [1.165, 1.54) is 4.90 Å². The number of aromatic nitrogens is 2. The Morgan fingerprint density at radius 1 is 1.07 bits per heavy atom. The highest BCUT2D eigenvalue weighted by atomic mass is 32.1. The number of amides is 3. The lowest BCUT2D eigenvalue weighted by Crippen LogP contribution is -2.46. The Labute approximate surface area is 250 Å². The number of nitrogen functional groups attached to an aromatic ring is 1. The maximum atomic E-state index is 14.5. The van der Waals surface area contributed by atoms with Crippen LogP contribution in [0.1, 0.15) is 87.8 Å². The van der Waals surface area contributed by atoms with Crippen LogP contribution in [0, 0.1) is 13.8 Å². The molecule has 1 saturated carbocycles. The van der Waals surface area contributed by atoms with Gasteiger partial charge in [-0.25, -0.2) is 0 Å². The Bertz CT molecular complexity index is 1420. The van der Waals surface area contributed by atoms with Gasteiger partial charge >= 0.3 is 0 Å². The second-order valence-corrected chi connectivity index (χ2v) is 11.9. The fourth-order valence-electron chi connectivity index (χ4n) is 5.65. The zero-order valence-electron chi connectivity index (χ0n) is 24.1. The van der Waals surface area contributed by atoms with Crippen LogP contribution in [0.15, 0.2) is 42.7 Å². The lowest BCUT2D eigenvalue weighted by molar-refractivity contribution is -0.123. The first-order valence-corrected chi connectivity index (χ1v) is 15.4. The minimum Gasteiger partial charge on any atom is -0.395 e. The first-order valence-electron chi connectivity index (χ1n) is 14.6. The lowest BCUT2D eigenvalue weighted by Gasteiger charge is -2.32. The van der Waals surface area contributed by atoms with E-state index in [2.05, 4.69) is 20.0 Å². The number of nitrogens with one attached hydrogen (secondary N) is 2. The van der Waals surface area contributed by atoms with Gasteiger partial charge in [0.15, 0.2) is 5.69 Å². The van der Waals surface area contributed by atoms with Gasteiger partial charge in [-0.1, -0.05) is 31.4 Å². The van der Waals surface area contributed by atoms with Crippen LogP contribution < -0.4 is 21.3 Å². The maximum absolute atomic E-state index is 14.5. The SMILES string of the molecule is Cc1ccc(C)c(N(C(=O)c2snc(C(=O)NC3CCCCC3)c2N)[C@@H](C(=O)NC[C@H]2CCCO2)c2ccncc2)c1. The third kappa shape index (κ3) is 6.63. The van der Waals surface area contributed by atoms with Gasteiger partial charge in [-0.2, -0.15) is 4.37 Å². The predicted molar refractivity (Wildman–Crippen MR) is 163 cm³/mol. The van der Waals surface area contributed by atoms with Crippen LogP contribution in [-0.2, 0) is 9.53 Å². The van der Waals surface area contributed by atoms with Crippen LogP contribution in [0.25, 0.3) is 0 Å². The molecule has 0 radical (unpaired) electrons. The predicted octanol–water partition coefficient (Wildman–Crippen LogP) is 4.48. The zero-order chi connectivity index (χ0) is 29.6. The van der Waals surface area contributed by atoms with E-state index < -0.39 is 11.9 Å². The number of hydrogen-bond donors (Lipinski definition) is 3. The normalized spacial score (nSPS) is 17.9. The summed E-state index contributed by atoms with van der Waals surface area (Å²) in [4.78, 5) is 47.3. The molecule has 3 heterocycles. The van der Waals surface area contributed by atoms with Crippen molar-refractivity contribution >= 4 is 40.6 Å². The third-order valence-electron chi connectivity index (χ3n) is 7.98. The lowest BCUT2D eigenvalue weighted by atomic mass is 9.95. The molecule has 0 spiro atoms. The number of rotatable bonds is 9. The van der Waals surface area contributed by atoms with E-state index in [1.807, 2.05) is 32.0 Å². The van der Waals surface area contributed by atoms with Gasteiger partial charge in [-0.3, -0.25) is 24.3 Å². The minimum absolute atomic E-state index is 0.0156. The second-order valence-electron chi connectivity index (χ2n) is 11.1. The van der Waals surface area contributed by atoms with E-state index in [-0.39, 0.29) is 40.2 Å². The molecular weight excluding hydrogens is 552 g/mol. The molecule has 10 nitrogen and oxygen atoms in total. The zero-order valence-corrected chi connectivity index (χ0v) is 24.9. The molecule has 5 rings (SSSR count). The molecule has 2 atom stereocenters. The number of hydrogen-bond acceptors (Lipinski definition) is 8. The first-order chi connectivity index (χ1) is 20.3. The van der Waals surface area contributed by atoms with Crippen LogP contribution in [0.3, 0.4) is 0 Å². The van der Waals surface area contributed by atoms with Crippen molar-refractivity contribution in [2.24, 2.45) is 0 Å². The van der Waals surface area contributed by atoms with E-state index in [4.69, 9.17) is 10.5 Å². The van der Waals surface area contributed by atoms with Gasteiger partial charge in [0, 0.05) is 37.3 Å². The first kappa shape index (κ1) is 29.7. The van der Waals surface area contributed by atoms with E-state index >= 15 is 0 Å². The van der Waals surface area contributed by atoms with Gasteiger partial charge in [0.1, 0.15) is 10.9 Å². The Morgan fingerprint density at radius 2 is 1.83 bits per heavy atom. The standard InChI is InChI=1S/C31H38N6O4S/c1-19-10-11-20(2)24(17-19)37(27(21-12-14-33-15-13-21)30(39)34-18-23-9-6-16-41-23)31(40)28-25(32)26(36-42-28)29(38)35-22-7-4-3-5-8-22/h10-15,17,22-23,27H,3-9,16,18,32H2,1-2H3,(H,34,39)(H,35,38)/t23-,27-/m1/s1. The van der Waals surface area contributed by atoms with Crippen LogP contribution in [0.4, 0.5) is 11.4 Å². The Kier molecular flexibility index (Phi) is 9.48. The highest BCUT2D eigenvalue weighted by Gasteiger charge is 2.37. The highest BCUT2D eigenvalue weighted by Crippen LogP contribution is 2.35. The smallest absolute Gasteiger partial charge is 0.273 e. The molecule has 2 aliphatic rings. The molecule has 11 heteroatoms. The van der Waals surface area contributed by atoms with Gasteiger partial charge in [-0.05, 0) is 86.0 Å². The molecule has 42 heavy (non-hydrogen) atoms. The van der Waals surface area contributed by atoms with Gasteiger partial charge in [0.05, 0.1) is 11.8 Å². The number of ether oxygens (including phenoxy) is 1. The molecular formula is C31H38N6O4S. The minimum atomic E-state index is -1.04. The summed E-state index contributed by atoms with van der Waals surface area (Å²) in [7, 11) is 0. The van der Waals surface area contributed by atoms with E-state index in [0.717, 1.165) is 67.6 Å². The molecule has 0 unspecified atom stereocenters. The van der Waals surface area contributed by atoms with Crippen LogP contribution in [0.2, 0.25) is 0 Å². The quantitative estimate of drug-likeness (QED) is 0.334. The highest BCUT2D eigenvalue weighted by molar-refractivity contribution is 7.09. The van der Waals surface area contributed by atoms with Gasteiger partial charge < -0.3 is 21.1 Å². The monoisotopic (exact) mass is 590 g/mol. The van der Waals surface area contributed by atoms with Crippen molar-refractivity contribution in [1.82, 2.24) is 20.0 Å². The maximum Gasteiger partial charge on any atom is 0.273 e. The average Bonchev–Trinajstić information content (AvgIpc) is 3.66. The van der Waals surface area contributed by atoms with Crippen molar-refractivity contribution < 1.29 is 19.1 Å². The topological polar surface area (TPSA) is 140 Å². The fraction of sp³-hybridized carbons (Fsp3) is 0.452. The van der Waals surface area contributed by atoms with Crippen molar-refractivity contribution in [3.63, 3.8) is 0 Å². The van der Waals surface area contributed by atoms with Gasteiger partial charge in [-0.15, -0.1) is 0 Å². The number of nitrogens with zero attached hydrogens (tertiary/aromatic N) is 3. The molecule has 2 fully saturated rings. The molecule has 1 aliphatic heterocycles. The summed E-state index contributed by atoms with van der Waals surface area (Å²) in [5, 5.41) is 6.04. The van der Waals surface area contributed by atoms with Crippen molar-refractivity contribution in [3.8, 4) is 0 Å². The summed E-state index contributed by atoms with van der Waals surface area (Å²) < 4.78 is 10.0. The van der Waals surface area contributed by atoms with Crippen LogP contribution in [0.5, 0.6) is 0 Å². The van der Waals surface area contributed by atoms with E-state index in [1.54, 1.807) is 24.5 Å². The summed E-state index contributed by atoms with van der Waals surface area (Å²) in [5.74, 6) is -1.25. The second kappa shape index (κ2) is 13.4. The largest absolute Gasteiger partial charge is 0.395 e. The average molecular weight is 591 g/mol. The van der Waals surface area contributed by atoms with Gasteiger partial charge in [0.2, 0.25) is 5.91 Å². The van der Waals surface area contributed by atoms with E-state index in [0.29, 0.717) is 24.4 Å². The van der Waals surface area contributed by atoms with Crippen molar-refractivity contribution in [2.75, 3.05) is 23.8 Å². The molecule has 0 bridgehead atoms. The Balaban J connectivity index is 1.52. The summed E-state index contributed by atoms with van der Waals surface area (Å²) in [5.41, 5.74) is 9.40. The van der Waals surface area contributed by atoms with Crippen LogP contribution >= 0.6 is 11.5 Å². The molecule has 3 amide bonds. The molecule has 2 aromatic heterocycles. The molecule has 1 saturated heterocycles. The number of carbonyl (C=O) groups is 3. The molecule has 4 N–H and O–H groups in total. The molecule has 222 valence electrons. The summed E-state index contributed by atoms with van der Waals surface area (Å²) in [6, 6.07) is 8.22. The van der Waals surface area contributed by atoms with Crippen LogP contribution in [-0.4, -0.2) is 52.4 Å². The number of benzene rings is 1. The molecule has 1 aromatic carbocycles. The number of carbonyl (C=O) groups excluding carboxylic acids is 3. The van der Waals surface area contributed by atoms with Crippen molar-refractivity contribution in [1.29, 1.82) is 0 Å². The van der Waals surface area contributed by atoms with Crippen molar-refractivity contribution in [2.45, 2.75) is 77.0 Å². The Morgan fingerprint density at radius 3 is 2.55 bits per heavy atom. The number of aryl methyl sites for hydroxylation is 2. The summed E-state index contributed by atoms with van der Waals surface area (Å²) >= 11 is 0.875. The van der Waals surface area contributed by atoms with Crippen molar-refractivity contribution in [3.05, 3.63) is 70.0 Å².